The van der Waals surface area contributed by atoms with Crippen molar-refractivity contribution < 1.29 is 9.59 Å². The van der Waals surface area contributed by atoms with Gasteiger partial charge in [-0.25, -0.2) is 4.79 Å². The van der Waals surface area contributed by atoms with Crippen molar-refractivity contribution in [2.75, 3.05) is 5.32 Å². The number of carbonyl (C=O) groups excluding carboxylic acids is 2. The van der Waals surface area contributed by atoms with E-state index in [0.717, 1.165) is 31.2 Å². The molecule has 0 heterocycles. The summed E-state index contributed by atoms with van der Waals surface area (Å²) in [6.07, 6.45) is 4.31. The van der Waals surface area contributed by atoms with Gasteiger partial charge in [-0.15, -0.1) is 0 Å². The van der Waals surface area contributed by atoms with Crippen molar-refractivity contribution in [3.63, 3.8) is 0 Å². The summed E-state index contributed by atoms with van der Waals surface area (Å²) in [7, 11) is 0. The Balaban J connectivity index is 1.92. The summed E-state index contributed by atoms with van der Waals surface area (Å²) < 4.78 is 0. The molecule has 4 N–H and O–H groups in total. The topological polar surface area (TPSA) is 84.2 Å². The van der Waals surface area contributed by atoms with Crippen LogP contribution in [-0.2, 0) is 4.79 Å². The Morgan fingerprint density at radius 3 is 2.35 bits per heavy atom. The summed E-state index contributed by atoms with van der Waals surface area (Å²) in [5.74, 6) is 0.322. The molecule has 1 aliphatic carbocycles. The molecule has 0 bridgehead atoms. The molecule has 0 spiro atoms. The van der Waals surface area contributed by atoms with Crippen molar-refractivity contribution in [1.29, 1.82) is 0 Å². The molecule has 0 saturated heterocycles. The van der Waals surface area contributed by atoms with Crippen LogP contribution in [0, 0.1) is 5.92 Å². The van der Waals surface area contributed by atoms with Crippen LogP contribution in [0.25, 0.3) is 0 Å². The van der Waals surface area contributed by atoms with Crippen molar-refractivity contribution in [2.45, 2.75) is 38.6 Å². The first-order chi connectivity index (χ1) is 9.56. The lowest BCUT2D eigenvalue weighted by Crippen LogP contribution is -2.31. The number of urea groups is 1. The van der Waals surface area contributed by atoms with Gasteiger partial charge >= 0.3 is 6.03 Å². The highest BCUT2D eigenvalue weighted by Gasteiger charge is 2.23. The van der Waals surface area contributed by atoms with Crippen molar-refractivity contribution in [2.24, 2.45) is 11.7 Å². The lowest BCUT2D eigenvalue weighted by molar-refractivity contribution is -0.125. The highest BCUT2D eigenvalue weighted by molar-refractivity contribution is 5.87. The number of amides is 3. The number of hydrogen-bond donors (Lipinski definition) is 3. The standard InChI is InChI=1S/C15H21N3O2/c1-10(17-14(19)12-4-2-3-5-12)11-6-8-13(9-7-11)18-15(16)20/h6-10,12H,2-5H2,1H3,(H,17,19)(H3,16,18,20)/t10-/m0/s1. The van der Waals surface area contributed by atoms with Crippen molar-refractivity contribution in [3.05, 3.63) is 29.8 Å². The second kappa shape index (κ2) is 6.41. The third-order valence-electron chi connectivity index (χ3n) is 3.76. The maximum Gasteiger partial charge on any atom is 0.316 e. The minimum Gasteiger partial charge on any atom is -0.351 e. The van der Waals surface area contributed by atoms with Crippen LogP contribution < -0.4 is 16.4 Å². The van der Waals surface area contributed by atoms with Crippen LogP contribution in [-0.4, -0.2) is 11.9 Å². The fraction of sp³-hybridized carbons (Fsp3) is 0.467. The van der Waals surface area contributed by atoms with Gasteiger partial charge in [-0.1, -0.05) is 25.0 Å². The van der Waals surface area contributed by atoms with E-state index in [1.54, 1.807) is 12.1 Å². The minimum atomic E-state index is -0.583. The smallest absolute Gasteiger partial charge is 0.316 e. The third-order valence-corrected chi connectivity index (χ3v) is 3.76. The molecule has 108 valence electrons. The second-order valence-electron chi connectivity index (χ2n) is 5.32. The van der Waals surface area contributed by atoms with Gasteiger partial charge in [0.15, 0.2) is 0 Å². The monoisotopic (exact) mass is 275 g/mol. The van der Waals surface area contributed by atoms with Crippen LogP contribution in [0.15, 0.2) is 24.3 Å². The molecule has 1 aliphatic rings. The van der Waals surface area contributed by atoms with E-state index >= 15 is 0 Å². The zero-order valence-electron chi connectivity index (χ0n) is 11.7. The maximum absolute atomic E-state index is 12.1. The number of rotatable bonds is 4. The summed E-state index contributed by atoms with van der Waals surface area (Å²) in [5, 5.41) is 5.56. The molecule has 3 amide bonds. The Morgan fingerprint density at radius 1 is 1.20 bits per heavy atom. The molecule has 1 fully saturated rings. The van der Waals surface area contributed by atoms with E-state index in [-0.39, 0.29) is 17.9 Å². The third kappa shape index (κ3) is 3.73. The SMILES string of the molecule is C[C@H](NC(=O)C1CCCC1)c1ccc(NC(N)=O)cc1. The molecule has 0 radical (unpaired) electrons. The molecule has 1 aromatic carbocycles. The van der Waals surface area contributed by atoms with Gasteiger partial charge < -0.3 is 16.4 Å². The van der Waals surface area contributed by atoms with Crippen LogP contribution in [0.3, 0.4) is 0 Å². The van der Waals surface area contributed by atoms with Crippen molar-refractivity contribution in [1.82, 2.24) is 5.32 Å². The van der Waals surface area contributed by atoms with Crippen LogP contribution >= 0.6 is 0 Å². The average Bonchev–Trinajstić information content (AvgIpc) is 2.92. The van der Waals surface area contributed by atoms with Crippen molar-refractivity contribution in [3.8, 4) is 0 Å². The maximum atomic E-state index is 12.1. The molecular weight excluding hydrogens is 254 g/mol. The van der Waals surface area contributed by atoms with Gasteiger partial charge in [-0.05, 0) is 37.5 Å². The molecule has 20 heavy (non-hydrogen) atoms. The summed E-state index contributed by atoms with van der Waals surface area (Å²) in [5.41, 5.74) is 6.71. The van der Waals surface area contributed by atoms with E-state index in [2.05, 4.69) is 10.6 Å². The summed E-state index contributed by atoms with van der Waals surface area (Å²) in [4.78, 5) is 22.8. The molecule has 1 saturated carbocycles. The molecule has 0 unspecified atom stereocenters. The second-order valence-corrected chi connectivity index (χ2v) is 5.32. The van der Waals surface area contributed by atoms with Gasteiger partial charge in [0.05, 0.1) is 6.04 Å². The first-order valence-electron chi connectivity index (χ1n) is 7.03. The first-order valence-corrected chi connectivity index (χ1v) is 7.03. The van der Waals surface area contributed by atoms with E-state index in [0.29, 0.717) is 5.69 Å². The zero-order chi connectivity index (χ0) is 14.5. The average molecular weight is 275 g/mol. The van der Waals surface area contributed by atoms with Gasteiger partial charge in [0.1, 0.15) is 0 Å². The molecule has 5 nitrogen and oxygen atoms in total. The van der Waals surface area contributed by atoms with E-state index in [9.17, 15) is 9.59 Å². The molecule has 0 aliphatic heterocycles. The quantitative estimate of drug-likeness (QED) is 0.789. The van der Waals surface area contributed by atoms with E-state index < -0.39 is 6.03 Å². The number of benzene rings is 1. The number of carbonyl (C=O) groups is 2. The molecule has 5 heteroatoms. The lowest BCUT2D eigenvalue weighted by atomic mass is 10.0. The van der Waals surface area contributed by atoms with Crippen molar-refractivity contribution >= 4 is 17.6 Å². The Morgan fingerprint density at radius 2 is 1.80 bits per heavy atom. The Bertz CT molecular complexity index is 478. The van der Waals surface area contributed by atoms with Gasteiger partial charge in [-0.3, -0.25) is 4.79 Å². The first kappa shape index (κ1) is 14.4. The molecule has 0 aromatic heterocycles. The highest BCUT2D eigenvalue weighted by Crippen LogP contribution is 2.26. The Labute approximate surface area is 118 Å². The molecular formula is C15H21N3O2. The fourth-order valence-electron chi connectivity index (χ4n) is 2.60. The van der Waals surface area contributed by atoms with Gasteiger partial charge in [0.2, 0.25) is 5.91 Å². The number of primary amides is 1. The van der Waals surface area contributed by atoms with Gasteiger partial charge in [0.25, 0.3) is 0 Å². The minimum absolute atomic E-state index is 0.0364. The predicted octanol–water partition coefficient (Wildman–Crippen LogP) is 2.54. The molecule has 1 aromatic rings. The number of nitrogens with two attached hydrogens (primary N) is 1. The number of anilines is 1. The van der Waals surface area contributed by atoms with Crippen LogP contribution in [0.5, 0.6) is 0 Å². The summed E-state index contributed by atoms with van der Waals surface area (Å²) in [6, 6.07) is 6.69. The zero-order valence-corrected chi connectivity index (χ0v) is 11.7. The molecule has 1 atom stereocenters. The Hall–Kier alpha value is -2.04. The summed E-state index contributed by atoms with van der Waals surface area (Å²) >= 11 is 0. The largest absolute Gasteiger partial charge is 0.351 e. The van der Waals surface area contributed by atoms with E-state index in [1.165, 1.54) is 0 Å². The number of hydrogen-bond acceptors (Lipinski definition) is 2. The van der Waals surface area contributed by atoms with E-state index in [4.69, 9.17) is 5.73 Å². The Kier molecular flexibility index (Phi) is 4.61. The van der Waals surface area contributed by atoms with Crippen LogP contribution in [0.1, 0.15) is 44.2 Å². The molecule has 2 rings (SSSR count). The van der Waals surface area contributed by atoms with Gasteiger partial charge in [0, 0.05) is 11.6 Å². The number of nitrogens with one attached hydrogen (secondary N) is 2. The normalized spacial score (nSPS) is 16.6. The predicted molar refractivity (Wildman–Crippen MR) is 78.2 cm³/mol. The van der Waals surface area contributed by atoms with Crippen LogP contribution in [0.4, 0.5) is 10.5 Å². The van der Waals surface area contributed by atoms with Gasteiger partial charge in [-0.2, -0.15) is 0 Å². The summed E-state index contributed by atoms with van der Waals surface area (Å²) in [6.45, 7) is 1.96. The van der Waals surface area contributed by atoms with E-state index in [1.807, 2.05) is 19.1 Å². The highest BCUT2D eigenvalue weighted by atomic mass is 16.2. The lowest BCUT2D eigenvalue weighted by Gasteiger charge is -2.17. The van der Waals surface area contributed by atoms with Crippen LogP contribution in [0.2, 0.25) is 0 Å². The fourth-order valence-corrected chi connectivity index (χ4v) is 2.60.